The van der Waals surface area contributed by atoms with Gasteiger partial charge in [0.15, 0.2) is 0 Å². The molecule has 0 radical (unpaired) electrons. The van der Waals surface area contributed by atoms with Crippen LogP contribution in [0.25, 0.3) is 0 Å². The summed E-state index contributed by atoms with van der Waals surface area (Å²) in [5, 5.41) is 4.74. The van der Waals surface area contributed by atoms with Gasteiger partial charge >= 0.3 is 0 Å². The molecular weight excluding hydrogens is 188 g/mol. The minimum Gasteiger partial charge on any atom is -0.152 e. The Morgan fingerprint density at radius 3 is 2.64 bits per heavy atom. The monoisotopic (exact) mass is 208 g/mol. The third-order valence-electron chi connectivity index (χ3n) is 3.69. The number of hydrogen-bond donors (Lipinski definition) is 0. The number of hydrogen-bond acceptors (Lipinski definition) is 1. The quantitative estimate of drug-likeness (QED) is 0.671. The zero-order valence-corrected chi connectivity index (χ0v) is 10.2. The van der Waals surface area contributed by atoms with Crippen LogP contribution in [0.3, 0.4) is 0 Å². The van der Waals surface area contributed by atoms with Gasteiger partial charge in [-0.3, -0.25) is 0 Å². The Morgan fingerprint density at radius 2 is 2.14 bits per heavy atom. The lowest BCUT2D eigenvalue weighted by molar-refractivity contribution is 0.246. The maximum absolute atomic E-state index is 2.39. The van der Waals surface area contributed by atoms with Crippen LogP contribution in [-0.2, 0) is 0 Å². The van der Waals surface area contributed by atoms with E-state index in [9.17, 15) is 0 Å². The lowest BCUT2D eigenvalue weighted by atomic mass is 9.68. The van der Waals surface area contributed by atoms with Crippen molar-refractivity contribution in [2.45, 2.75) is 51.9 Å². The second-order valence-corrected chi connectivity index (χ2v) is 5.53. The molecule has 0 aromatic carbocycles. The molecule has 0 saturated heterocycles. The maximum Gasteiger partial charge on any atom is -0.00554 e. The largest absolute Gasteiger partial charge is 0.152 e. The van der Waals surface area contributed by atoms with Gasteiger partial charge in [0.2, 0.25) is 0 Å². The van der Waals surface area contributed by atoms with Crippen molar-refractivity contribution in [1.29, 1.82) is 0 Å². The highest BCUT2D eigenvalue weighted by atomic mass is 32.1. The van der Waals surface area contributed by atoms with Crippen molar-refractivity contribution >= 4 is 11.3 Å². The van der Waals surface area contributed by atoms with Crippen molar-refractivity contribution in [3.8, 4) is 0 Å². The molecule has 0 bridgehead atoms. The topological polar surface area (TPSA) is 0 Å². The van der Waals surface area contributed by atoms with Crippen LogP contribution in [0, 0.1) is 5.92 Å². The van der Waals surface area contributed by atoms with Crippen molar-refractivity contribution in [1.82, 2.24) is 0 Å². The van der Waals surface area contributed by atoms with Gasteiger partial charge in [-0.05, 0) is 52.5 Å². The fourth-order valence-electron chi connectivity index (χ4n) is 2.55. The molecule has 0 amide bonds. The van der Waals surface area contributed by atoms with E-state index in [0.29, 0.717) is 5.92 Å². The lowest BCUT2D eigenvalue weighted by Crippen LogP contribution is -2.23. The molecule has 1 aliphatic carbocycles. The van der Waals surface area contributed by atoms with E-state index in [0.717, 1.165) is 11.8 Å². The summed E-state index contributed by atoms with van der Waals surface area (Å²) in [5.74, 6) is 2.57. The van der Waals surface area contributed by atoms with Gasteiger partial charge in [0, 0.05) is 0 Å². The molecule has 1 heteroatoms. The van der Waals surface area contributed by atoms with E-state index in [1.807, 2.05) is 11.3 Å². The van der Waals surface area contributed by atoms with Gasteiger partial charge in [0.05, 0.1) is 0 Å². The number of rotatable bonds is 3. The van der Waals surface area contributed by atoms with Gasteiger partial charge < -0.3 is 0 Å². The Hall–Kier alpha value is -0.300. The van der Waals surface area contributed by atoms with Gasteiger partial charge in [0.25, 0.3) is 0 Å². The zero-order chi connectivity index (χ0) is 10.1. The van der Waals surface area contributed by atoms with Crippen LogP contribution in [0.1, 0.15) is 63.0 Å². The van der Waals surface area contributed by atoms with Gasteiger partial charge in [-0.15, -0.1) is 0 Å². The lowest BCUT2D eigenvalue weighted by Gasteiger charge is -2.37. The molecule has 0 aliphatic heterocycles. The first-order valence-electron chi connectivity index (χ1n) is 5.80. The van der Waals surface area contributed by atoms with Crippen molar-refractivity contribution < 1.29 is 0 Å². The molecule has 0 spiro atoms. The van der Waals surface area contributed by atoms with Crippen molar-refractivity contribution in [2.75, 3.05) is 0 Å². The molecule has 1 aromatic rings. The molecule has 1 aromatic heterocycles. The summed E-state index contributed by atoms with van der Waals surface area (Å²) in [7, 11) is 0. The van der Waals surface area contributed by atoms with Gasteiger partial charge in [-0.2, -0.15) is 11.3 Å². The van der Waals surface area contributed by atoms with Crippen LogP contribution in [0.15, 0.2) is 10.8 Å². The van der Waals surface area contributed by atoms with E-state index in [1.165, 1.54) is 19.3 Å². The van der Waals surface area contributed by atoms with Crippen LogP contribution < -0.4 is 0 Å². The first kappa shape index (κ1) is 10.2. The molecule has 1 aliphatic rings. The summed E-state index contributed by atoms with van der Waals surface area (Å²) < 4.78 is 0. The highest BCUT2D eigenvalue weighted by molar-refractivity contribution is 7.08. The smallest absolute Gasteiger partial charge is 0.00554 e. The SMILES string of the molecule is CCC1CCC1c1cscc1C(C)C. The number of thiophene rings is 1. The van der Waals surface area contributed by atoms with E-state index >= 15 is 0 Å². The highest BCUT2D eigenvalue weighted by Crippen LogP contribution is 2.47. The minimum atomic E-state index is 0.703. The first-order valence-corrected chi connectivity index (χ1v) is 6.74. The van der Waals surface area contributed by atoms with Crippen LogP contribution in [0.4, 0.5) is 0 Å². The third kappa shape index (κ3) is 1.63. The molecule has 2 atom stereocenters. The predicted molar refractivity (Wildman–Crippen MR) is 64.2 cm³/mol. The average Bonchev–Trinajstić information content (AvgIpc) is 2.51. The Morgan fingerprint density at radius 1 is 1.36 bits per heavy atom. The van der Waals surface area contributed by atoms with Crippen LogP contribution >= 0.6 is 11.3 Å². The first-order chi connectivity index (χ1) is 6.74. The van der Waals surface area contributed by atoms with Crippen LogP contribution in [-0.4, -0.2) is 0 Å². The van der Waals surface area contributed by atoms with E-state index in [2.05, 4.69) is 31.5 Å². The Kier molecular flexibility index (Phi) is 2.96. The van der Waals surface area contributed by atoms with E-state index < -0.39 is 0 Å². The van der Waals surface area contributed by atoms with Crippen molar-refractivity contribution in [3.05, 3.63) is 21.9 Å². The maximum atomic E-state index is 2.39. The van der Waals surface area contributed by atoms with E-state index in [1.54, 1.807) is 11.1 Å². The summed E-state index contributed by atoms with van der Waals surface area (Å²) in [6, 6.07) is 0. The van der Waals surface area contributed by atoms with Crippen molar-refractivity contribution in [2.24, 2.45) is 5.92 Å². The second kappa shape index (κ2) is 4.06. The highest BCUT2D eigenvalue weighted by Gasteiger charge is 2.32. The van der Waals surface area contributed by atoms with Crippen LogP contribution in [0.2, 0.25) is 0 Å². The summed E-state index contributed by atoms with van der Waals surface area (Å²) in [6.07, 6.45) is 4.24. The van der Waals surface area contributed by atoms with Gasteiger partial charge in [0.1, 0.15) is 0 Å². The third-order valence-corrected chi connectivity index (χ3v) is 4.47. The standard InChI is InChI=1S/C13H20S/c1-4-10-5-6-11(10)13-8-14-7-12(13)9(2)3/h7-11H,4-6H2,1-3H3. The molecule has 14 heavy (non-hydrogen) atoms. The normalized spacial score (nSPS) is 26.6. The zero-order valence-electron chi connectivity index (χ0n) is 9.42. The summed E-state index contributed by atoms with van der Waals surface area (Å²) >= 11 is 1.88. The van der Waals surface area contributed by atoms with E-state index in [-0.39, 0.29) is 0 Å². The fraction of sp³-hybridized carbons (Fsp3) is 0.692. The van der Waals surface area contributed by atoms with Crippen LogP contribution in [0.5, 0.6) is 0 Å². The minimum absolute atomic E-state index is 0.703. The van der Waals surface area contributed by atoms with Crippen molar-refractivity contribution in [3.63, 3.8) is 0 Å². The summed E-state index contributed by atoms with van der Waals surface area (Å²) in [4.78, 5) is 0. The molecule has 78 valence electrons. The van der Waals surface area contributed by atoms with Gasteiger partial charge in [-0.1, -0.05) is 27.2 Å². The molecule has 2 rings (SSSR count). The average molecular weight is 208 g/mol. The molecule has 0 N–H and O–H groups in total. The molecule has 0 nitrogen and oxygen atoms in total. The molecule has 1 heterocycles. The van der Waals surface area contributed by atoms with Gasteiger partial charge in [-0.25, -0.2) is 0 Å². The fourth-order valence-corrected chi connectivity index (χ4v) is 3.64. The molecule has 1 saturated carbocycles. The summed E-state index contributed by atoms with van der Waals surface area (Å²) in [5.41, 5.74) is 3.28. The molecular formula is C13H20S. The summed E-state index contributed by atoms with van der Waals surface area (Å²) in [6.45, 7) is 6.95. The molecule has 1 fully saturated rings. The Labute approximate surface area is 91.4 Å². The Bertz CT molecular complexity index is 296. The molecule has 2 unspecified atom stereocenters. The van der Waals surface area contributed by atoms with E-state index in [4.69, 9.17) is 0 Å². The second-order valence-electron chi connectivity index (χ2n) is 4.79. The Balaban J connectivity index is 2.19. The predicted octanol–water partition coefficient (Wildman–Crippen LogP) is 4.78.